The van der Waals surface area contributed by atoms with E-state index in [9.17, 15) is 4.46 Å². The first-order valence-corrected chi connectivity index (χ1v) is 14.9. The average molecular weight is 534 g/mol. The summed E-state index contributed by atoms with van der Waals surface area (Å²) in [5.41, 5.74) is 6.41. The average Bonchev–Trinajstić information content (AvgIpc) is 3.43. The summed E-state index contributed by atoms with van der Waals surface area (Å²) in [7, 11) is -1.79. The molecule has 3 aromatic heterocycles. The quantitative estimate of drug-likeness (QED) is 0.236. The molecule has 0 atom stereocenters. The molecule has 4 nitrogen and oxygen atoms in total. The van der Waals surface area contributed by atoms with Gasteiger partial charge in [-0.15, -0.1) is 0 Å². The Labute approximate surface area is 234 Å². The third kappa shape index (κ3) is 6.98. The van der Waals surface area contributed by atoms with Crippen LogP contribution in [-0.2, 0) is 10.9 Å². The monoisotopic (exact) mass is 533 g/mol. The van der Waals surface area contributed by atoms with Gasteiger partial charge in [0.15, 0.2) is 0 Å². The number of hydrogen-bond donors (Lipinski definition) is 0. The summed E-state index contributed by atoms with van der Waals surface area (Å²) < 4.78 is 16.5. The van der Waals surface area contributed by atoms with Crippen LogP contribution in [0, 0.1) is 33.1 Å². The first-order chi connectivity index (χ1) is 18.5. The van der Waals surface area contributed by atoms with Gasteiger partial charge >= 0.3 is 8.68 Å². The van der Waals surface area contributed by atoms with Gasteiger partial charge in [0.25, 0.3) is 0 Å². The highest BCUT2D eigenvalue weighted by atomic mass is 28.3. The molecule has 0 aliphatic heterocycles. The molecule has 0 N–H and O–H groups in total. The van der Waals surface area contributed by atoms with Crippen molar-refractivity contribution in [3.05, 3.63) is 125 Å². The summed E-state index contributed by atoms with van der Waals surface area (Å²) in [6, 6.07) is 32.3. The van der Waals surface area contributed by atoms with Crippen LogP contribution < -0.4 is 10.4 Å². The van der Waals surface area contributed by atoms with Crippen LogP contribution >= 0.6 is 0 Å². The summed E-state index contributed by atoms with van der Waals surface area (Å²) in [4.78, 5) is 5.02. The van der Waals surface area contributed by atoms with Gasteiger partial charge in [0.1, 0.15) is 11.6 Å². The van der Waals surface area contributed by atoms with Crippen molar-refractivity contribution in [1.82, 2.24) is 14.1 Å². The lowest BCUT2D eigenvalue weighted by molar-refractivity contribution is 0.411. The number of hydrogen-bond acceptors (Lipinski definition) is 2. The van der Waals surface area contributed by atoms with Crippen LogP contribution in [0.1, 0.15) is 49.1 Å². The lowest BCUT2D eigenvalue weighted by Crippen LogP contribution is -2.33. The maximum atomic E-state index is 12.0. The van der Waals surface area contributed by atoms with Gasteiger partial charge in [-0.3, -0.25) is 0 Å². The van der Waals surface area contributed by atoms with Gasteiger partial charge in [0.2, 0.25) is 0 Å². The van der Waals surface area contributed by atoms with E-state index in [-0.39, 0.29) is 5.41 Å². The summed E-state index contributed by atoms with van der Waals surface area (Å²) in [6.45, 7) is 15.4. The molecule has 0 radical (unpaired) electrons. The van der Waals surface area contributed by atoms with Crippen LogP contribution in [0.25, 0.3) is 11.6 Å². The van der Waals surface area contributed by atoms with Crippen molar-refractivity contribution < 1.29 is 4.46 Å². The van der Waals surface area contributed by atoms with E-state index in [0.29, 0.717) is 0 Å². The third-order valence-electron chi connectivity index (χ3n) is 6.66. The maximum Gasteiger partial charge on any atom is 0.346 e. The van der Waals surface area contributed by atoms with Crippen LogP contribution in [0.5, 0.6) is 0 Å². The predicted molar refractivity (Wildman–Crippen MR) is 164 cm³/mol. The van der Waals surface area contributed by atoms with Crippen LogP contribution in [-0.4, -0.2) is 22.8 Å². The van der Waals surface area contributed by atoms with E-state index in [1.54, 1.807) is 0 Å². The zero-order valence-corrected chi connectivity index (χ0v) is 25.2. The molecule has 0 saturated heterocycles. The Hall–Kier alpha value is -3.83. The molecule has 0 amide bonds. The Morgan fingerprint density at radius 3 is 1.31 bits per heavy atom. The normalized spacial score (nSPS) is 11.2. The molecule has 39 heavy (non-hydrogen) atoms. The van der Waals surface area contributed by atoms with Crippen molar-refractivity contribution in [2.24, 2.45) is 5.41 Å². The maximum absolute atomic E-state index is 12.0. The van der Waals surface area contributed by atoms with Crippen molar-refractivity contribution in [3.8, 4) is 11.6 Å². The smallest absolute Gasteiger partial charge is 0.346 e. The molecule has 5 heteroatoms. The summed E-state index contributed by atoms with van der Waals surface area (Å²) in [6.07, 6.45) is 1.02. The molecule has 5 aromatic rings. The number of rotatable bonds is 5. The molecule has 3 heterocycles. The summed E-state index contributed by atoms with van der Waals surface area (Å²) >= 11 is 0. The molecule has 0 spiro atoms. The summed E-state index contributed by atoms with van der Waals surface area (Å²) in [5, 5.41) is 1.84. The Kier molecular flexibility index (Phi) is 8.61. The van der Waals surface area contributed by atoms with Crippen molar-refractivity contribution in [3.63, 3.8) is 0 Å². The van der Waals surface area contributed by atoms with E-state index in [4.69, 9.17) is 4.98 Å². The minimum absolute atomic E-state index is 0.234. The SMILES string of the molecule is Cc1ccc(C)n1-c1cc(CC(C)(C)C)cc(-n2c(C)ccc2C)n1.O=[Si](c1ccccc1)c1ccccc1. The Bertz CT molecular complexity index is 1410. The molecule has 200 valence electrons. The second-order valence-corrected chi connectivity index (χ2v) is 13.2. The Morgan fingerprint density at radius 2 is 0.974 bits per heavy atom. The molecule has 0 bridgehead atoms. The molecular weight excluding hydrogens is 494 g/mol. The van der Waals surface area contributed by atoms with Gasteiger partial charge < -0.3 is 13.6 Å². The number of benzene rings is 2. The zero-order valence-electron chi connectivity index (χ0n) is 24.2. The first kappa shape index (κ1) is 28.2. The molecule has 0 unspecified atom stereocenters. The fourth-order valence-electron chi connectivity index (χ4n) is 4.90. The highest BCUT2D eigenvalue weighted by molar-refractivity contribution is 6.72. The molecule has 0 aliphatic rings. The second-order valence-electron chi connectivity index (χ2n) is 11.4. The van der Waals surface area contributed by atoms with Crippen LogP contribution in [0.4, 0.5) is 0 Å². The molecule has 0 aliphatic carbocycles. The number of nitrogens with zero attached hydrogens (tertiary/aromatic N) is 3. The van der Waals surface area contributed by atoms with E-state index in [2.05, 4.69) is 94.0 Å². The lowest BCUT2D eigenvalue weighted by atomic mass is 9.88. The Balaban J connectivity index is 0.000000212. The standard InChI is InChI=1S/C22H29N3.C12H10OSi/c1-15-8-9-16(2)24(15)20-12-19(14-22(5,6)7)13-21(23-20)25-17(3)10-11-18(25)4;13-14(11-7-3-1-4-8-11)12-9-5-2-6-10-12/h8-13H,14H2,1-7H3;1-10H. The summed E-state index contributed by atoms with van der Waals surface area (Å²) in [5.74, 6) is 2.01. The van der Waals surface area contributed by atoms with Crippen molar-refractivity contribution >= 4 is 19.1 Å². The minimum Gasteiger partial charge on any atom is -0.376 e. The highest BCUT2D eigenvalue weighted by Gasteiger charge is 2.16. The van der Waals surface area contributed by atoms with Crippen molar-refractivity contribution in [2.45, 2.75) is 54.9 Å². The Morgan fingerprint density at radius 1 is 0.615 bits per heavy atom. The van der Waals surface area contributed by atoms with Gasteiger partial charge in [0, 0.05) is 33.1 Å². The van der Waals surface area contributed by atoms with E-state index >= 15 is 0 Å². The lowest BCUT2D eigenvalue weighted by Gasteiger charge is -2.21. The third-order valence-corrected chi connectivity index (χ3v) is 8.38. The molecule has 2 aromatic carbocycles. The van der Waals surface area contributed by atoms with Crippen LogP contribution in [0.3, 0.4) is 0 Å². The predicted octanol–water partition coefficient (Wildman–Crippen LogP) is 6.71. The van der Waals surface area contributed by atoms with E-state index in [1.807, 2.05) is 60.7 Å². The van der Waals surface area contributed by atoms with Crippen molar-refractivity contribution in [1.29, 1.82) is 0 Å². The van der Waals surface area contributed by atoms with Crippen LogP contribution in [0.2, 0.25) is 0 Å². The molecule has 0 fully saturated rings. The molecule has 0 saturated carbocycles. The number of aromatic nitrogens is 3. The van der Waals surface area contributed by atoms with Crippen molar-refractivity contribution in [2.75, 3.05) is 0 Å². The second kappa shape index (κ2) is 11.9. The zero-order chi connectivity index (χ0) is 28.2. The largest absolute Gasteiger partial charge is 0.376 e. The molecule has 5 rings (SSSR count). The van der Waals surface area contributed by atoms with Crippen LogP contribution in [0.15, 0.2) is 97.1 Å². The fourth-order valence-corrected chi connectivity index (χ4v) is 6.23. The topological polar surface area (TPSA) is 39.8 Å². The number of aryl methyl sites for hydroxylation is 4. The van der Waals surface area contributed by atoms with E-state index in [1.165, 1.54) is 28.3 Å². The van der Waals surface area contributed by atoms with Gasteiger partial charge in [-0.1, -0.05) is 81.4 Å². The van der Waals surface area contributed by atoms with Gasteiger partial charge in [-0.2, -0.15) is 0 Å². The van der Waals surface area contributed by atoms with E-state index < -0.39 is 8.68 Å². The first-order valence-electron chi connectivity index (χ1n) is 13.5. The molecular formula is C34H39N3OSi. The van der Waals surface area contributed by atoms with Gasteiger partial charge in [0.05, 0.1) is 0 Å². The van der Waals surface area contributed by atoms with Gasteiger partial charge in [-0.05, 0) is 81.5 Å². The highest BCUT2D eigenvalue weighted by Crippen LogP contribution is 2.26. The van der Waals surface area contributed by atoms with Gasteiger partial charge in [-0.25, -0.2) is 4.98 Å². The fraction of sp³-hybridized carbons (Fsp3) is 0.265. The van der Waals surface area contributed by atoms with E-state index in [0.717, 1.165) is 28.4 Å². The number of pyridine rings is 1. The minimum atomic E-state index is -1.79.